The van der Waals surface area contributed by atoms with Crippen LogP contribution in [0.3, 0.4) is 0 Å². The summed E-state index contributed by atoms with van der Waals surface area (Å²) in [7, 11) is 0. The minimum Gasteiger partial charge on any atom is -0.353 e. The van der Waals surface area contributed by atoms with Gasteiger partial charge < -0.3 is 5.32 Å². The molecule has 3 unspecified atom stereocenters. The average molecular weight is 422 g/mol. The molecule has 164 valence electrons. The van der Waals surface area contributed by atoms with Crippen LogP contribution in [0.1, 0.15) is 63.6 Å². The first-order chi connectivity index (χ1) is 14.9. The zero-order valence-corrected chi connectivity index (χ0v) is 18.5. The van der Waals surface area contributed by atoms with E-state index in [1.807, 2.05) is 10.9 Å². The van der Waals surface area contributed by atoms with Crippen molar-refractivity contribution in [2.24, 2.45) is 11.3 Å². The minimum atomic E-state index is -0.240. The van der Waals surface area contributed by atoms with Gasteiger partial charge in [0.2, 0.25) is 5.91 Å². The molecule has 1 fully saturated rings. The molecule has 1 aromatic heterocycles. The molecule has 1 aromatic carbocycles. The van der Waals surface area contributed by atoms with Gasteiger partial charge >= 0.3 is 0 Å². The maximum atomic E-state index is 13.3. The van der Waals surface area contributed by atoms with Crippen LogP contribution in [0, 0.1) is 17.2 Å². The lowest BCUT2D eigenvalue weighted by Crippen LogP contribution is -2.39. The number of aromatic nitrogens is 2. The Labute approximate surface area is 184 Å². The van der Waals surface area contributed by atoms with Crippen LogP contribution in [0.25, 0.3) is 11.8 Å². The maximum absolute atomic E-state index is 13.3. The van der Waals surface area contributed by atoms with E-state index in [1.165, 1.54) is 23.3 Å². The molecule has 2 aromatic rings. The molecule has 0 spiro atoms. The van der Waals surface area contributed by atoms with Crippen LogP contribution in [0.15, 0.2) is 48.7 Å². The van der Waals surface area contributed by atoms with Crippen LogP contribution >= 0.6 is 0 Å². The van der Waals surface area contributed by atoms with Crippen molar-refractivity contribution < 1.29 is 9.18 Å². The highest BCUT2D eigenvalue weighted by Gasteiger charge is 2.46. The second-order valence-electron chi connectivity index (χ2n) is 9.22. The molecule has 0 radical (unpaired) electrons. The maximum Gasteiger partial charge on any atom is 0.224 e. The van der Waals surface area contributed by atoms with Gasteiger partial charge in [-0.1, -0.05) is 31.9 Å². The predicted molar refractivity (Wildman–Crippen MR) is 122 cm³/mol. The van der Waals surface area contributed by atoms with E-state index in [4.69, 9.17) is 0 Å². The number of benzene rings is 1. The molecule has 4 rings (SSSR count). The highest BCUT2D eigenvalue weighted by Crippen LogP contribution is 2.54. The Morgan fingerprint density at radius 3 is 2.90 bits per heavy atom. The number of hydrogen-bond donors (Lipinski definition) is 1. The summed E-state index contributed by atoms with van der Waals surface area (Å²) >= 11 is 0. The van der Waals surface area contributed by atoms with E-state index in [9.17, 15) is 9.18 Å². The lowest BCUT2D eigenvalue weighted by Gasteiger charge is -2.37. The van der Waals surface area contributed by atoms with Crippen LogP contribution in [-0.4, -0.2) is 21.7 Å². The Bertz CT molecular complexity index is 991. The number of nitrogens with zero attached hydrogens (tertiary/aromatic N) is 2. The quantitative estimate of drug-likeness (QED) is 0.563. The number of carbonyl (C=O) groups excluding carboxylic acids is 1. The first-order valence-electron chi connectivity index (χ1n) is 11.4. The number of carbonyl (C=O) groups is 1. The molecule has 2 aliphatic carbocycles. The third-order valence-electron chi connectivity index (χ3n) is 7.12. The van der Waals surface area contributed by atoms with Crippen molar-refractivity contribution in [1.29, 1.82) is 0 Å². The molecular formula is C26H32FN3O. The molecule has 2 aliphatic rings. The molecule has 1 saturated carbocycles. The fourth-order valence-electron chi connectivity index (χ4n) is 5.46. The van der Waals surface area contributed by atoms with E-state index in [1.54, 1.807) is 18.2 Å². The van der Waals surface area contributed by atoms with E-state index >= 15 is 0 Å². The Morgan fingerprint density at radius 1 is 1.42 bits per heavy atom. The van der Waals surface area contributed by atoms with Gasteiger partial charge in [-0.2, -0.15) is 5.10 Å². The zero-order chi connectivity index (χ0) is 22.0. The molecule has 1 amide bonds. The van der Waals surface area contributed by atoms with Gasteiger partial charge in [0, 0.05) is 12.5 Å². The largest absolute Gasteiger partial charge is 0.353 e. The van der Waals surface area contributed by atoms with Gasteiger partial charge in [0.05, 0.1) is 17.6 Å². The molecule has 4 nitrogen and oxygen atoms in total. The summed E-state index contributed by atoms with van der Waals surface area (Å²) in [6, 6.07) is 6.70. The number of fused-ring (bicyclic) bond motifs is 2. The SMILES string of the molecule is C=CCC(=O)NC(CCC)CC1CCC2=Cc3c(cnn3-c3ccc(F)cc3)CC21C. The molecule has 0 aliphatic heterocycles. The van der Waals surface area contributed by atoms with Crippen LogP contribution in [-0.2, 0) is 11.2 Å². The van der Waals surface area contributed by atoms with E-state index in [0.29, 0.717) is 12.3 Å². The predicted octanol–water partition coefficient (Wildman–Crippen LogP) is 5.62. The first-order valence-corrected chi connectivity index (χ1v) is 11.4. The fraction of sp³-hybridized carbons (Fsp3) is 0.462. The van der Waals surface area contributed by atoms with Gasteiger partial charge in [-0.15, -0.1) is 6.58 Å². The Morgan fingerprint density at radius 2 is 2.19 bits per heavy atom. The Balaban J connectivity index is 1.55. The molecule has 3 atom stereocenters. The Kier molecular flexibility index (Phi) is 6.12. The second kappa shape index (κ2) is 8.81. The van der Waals surface area contributed by atoms with Crippen molar-refractivity contribution in [3.05, 3.63) is 65.8 Å². The van der Waals surface area contributed by atoms with Crippen molar-refractivity contribution in [3.63, 3.8) is 0 Å². The van der Waals surface area contributed by atoms with Gasteiger partial charge in [-0.25, -0.2) is 9.07 Å². The summed E-state index contributed by atoms with van der Waals surface area (Å²) in [6.07, 6.45) is 12.6. The number of amides is 1. The molecule has 31 heavy (non-hydrogen) atoms. The van der Waals surface area contributed by atoms with Gasteiger partial charge in [0.1, 0.15) is 5.82 Å². The van der Waals surface area contributed by atoms with Crippen LogP contribution < -0.4 is 5.32 Å². The summed E-state index contributed by atoms with van der Waals surface area (Å²) in [5.74, 6) is 0.358. The lowest BCUT2D eigenvalue weighted by molar-refractivity contribution is -0.121. The molecule has 0 bridgehead atoms. The number of hydrogen-bond acceptors (Lipinski definition) is 2. The summed E-state index contributed by atoms with van der Waals surface area (Å²) < 4.78 is 15.3. The standard InChI is InChI=1S/C26H32FN3O/c1-4-6-22(29-25(31)7-5-2)14-19-8-9-20-15-24-18(16-26(19,20)3)17-28-30(24)23-12-10-21(27)11-13-23/h5,10-13,15,17,19,22H,2,4,6-9,14,16H2,1,3H3,(H,29,31). The number of rotatable bonds is 8. The zero-order valence-electron chi connectivity index (χ0n) is 18.5. The average Bonchev–Trinajstić information content (AvgIpc) is 3.27. The molecule has 5 heteroatoms. The molecule has 0 saturated heterocycles. The van der Waals surface area contributed by atoms with E-state index in [-0.39, 0.29) is 23.2 Å². The third-order valence-corrected chi connectivity index (χ3v) is 7.12. The van der Waals surface area contributed by atoms with E-state index in [2.05, 4.69) is 36.9 Å². The lowest BCUT2D eigenvalue weighted by atomic mass is 9.68. The normalized spacial score (nSPS) is 22.9. The Hall–Kier alpha value is -2.69. The van der Waals surface area contributed by atoms with Crippen LogP contribution in [0.5, 0.6) is 0 Å². The van der Waals surface area contributed by atoms with Crippen molar-refractivity contribution in [1.82, 2.24) is 15.1 Å². The third kappa shape index (κ3) is 4.23. The molecular weight excluding hydrogens is 389 g/mol. The van der Waals surface area contributed by atoms with Gasteiger partial charge in [0.25, 0.3) is 0 Å². The van der Waals surface area contributed by atoms with Crippen LogP contribution in [0.4, 0.5) is 4.39 Å². The molecule has 1 heterocycles. The summed E-state index contributed by atoms with van der Waals surface area (Å²) in [5.41, 5.74) is 4.81. The van der Waals surface area contributed by atoms with Crippen LogP contribution in [0.2, 0.25) is 0 Å². The highest BCUT2D eigenvalue weighted by molar-refractivity contribution is 5.77. The molecule has 1 N–H and O–H groups in total. The van der Waals surface area contributed by atoms with Gasteiger partial charge in [-0.05, 0) is 79.3 Å². The topological polar surface area (TPSA) is 46.9 Å². The van der Waals surface area contributed by atoms with E-state index < -0.39 is 0 Å². The monoisotopic (exact) mass is 421 g/mol. The summed E-state index contributed by atoms with van der Waals surface area (Å²) in [5, 5.41) is 7.85. The smallest absolute Gasteiger partial charge is 0.224 e. The number of halogens is 1. The fourth-order valence-corrected chi connectivity index (χ4v) is 5.46. The summed E-state index contributed by atoms with van der Waals surface area (Å²) in [4.78, 5) is 12.2. The number of nitrogens with one attached hydrogen (secondary N) is 1. The van der Waals surface area contributed by atoms with E-state index in [0.717, 1.165) is 49.9 Å². The van der Waals surface area contributed by atoms with Crippen molar-refractivity contribution in [2.75, 3.05) is 0 Å². The second-order valence-corrected chi connectivity index (χ2v) is 9.22. The number of allylic oxidation sites excluding steroid dienone is 1. The van der Waals surface area contributed by atoms with Crippen molar-refractivity contribution in [3.8, 4) is 5.69 Å². The minimum absolute atomic E-state index is 0.0684. The van der Waals surface area contributed by atoms with Gasteiger partial charge in [-0.3, -0.25) is 4.79 Å². The van der Waals surface area contributed by atoms with Crippen molar-refractivity contribution >= 4 is 12.0 Å². The summed E-state index contributed by atoms with van der Waals surface area (Å²) in [6.45, 7) is 8.23. The van der Waals surface area contributed by atoms with Crippen molar-refractivity contribution in [2.45, 2.75) is 64.8 Å². The van der Waals surface area contributed by atoms with Gasteiger partial charge in [0.15, 0.2) is 0 Å². The highest BCUT2D eigenvalue weighted by atomic mass is 19.1. The first kappa shape index (κ1) is 21.5.